The van der Waals surface area contributed by atoms with Crippen molar-refractivity contribution < 1.29 is 4.39 Å². The monoisotopic (exact) mass is 355 g/mol. The first-order chi connectivity index (χ1) is 9.49. The first-order valence-corrected chi connectivity index (χ1v) is 7.55. The fourth-order valence-electron chi connectivity index (χ4n) is 2.27. The van der Waals surface area contributed by atoms with E-state index in [2.05, 4.69) is 46.4 Å². The number of halogens is 3. The SMILES string of the molecule is CNC(Cc1cc(F)ccc1Cl)c1cc(C)cc(Br)c1. The highest BCUT2D eigenvalue weighted by atomic mass is 79.9. The van der Waals surface area contributed by atoms with Crippen molar-refractivity contribution >= 4 is 27.5 Å². The molecule has 0 saturated carbocycles. The summed E-state index contributed by atoms with van der Waals surface area (Å²) in [6, 6.07) is 10.8. The number of hydrogen-bond donors (Lipinski definition) is 1. The number of rotatable bonds is 4. The van der Waals surface area contributed by atoms with Crippen LogP contribution in [0, 0.1) is 12.7 Å². The molecule has 0 aromatic heterocycles. The van der Waals surface area contributed by atoms with Crippen LogP contribution >= 0.6 is 27.5 Å². The number of benzene rings is 2. The Balaban J connectivity index is 2.30. The summed E-state index contributed by atoms with van der Waals surface area (Å²) in [6.45, 7) is 2.05. The molecule has 0 fully saturated rings. The quantitative estimate of drug-likeness (QED) is 0.808. The van der Waals surface area contributed by atoms with Crippen LogP contribution in [0.5, 0.6) is 0 Å². The zero-order valence-corrected chi connectivity index (χ0v) is 13.7. The highest BCUT2D eigenvalue weighted by Gasteiger charge is 2.13. The number of hydrogen-bond acceptors (Lipinski definition) is 1. The van der Waals surface area contributed by atoms with E-state index < -0.39 is 0 Å². The largest absolute Gasteiger partial charge is 0.313 e. The van der Waals surface area contributed by atoms with Crippen molar-refractivity contribution in [3.05, 3.63) is 68.4 Å². The number of aryl methyl sites for hydroxylation is 1. The van der Waals surface area contributed by atoms with Crippen molar-refractivity contribution in [2.24, 2.45) is 0 Å². The van der Waals surface area contributed by atoms with Gasteiger partial charge in [0.1, 0.15) is 5.82 Å². The minimum absolute atomic E-state index is 0.0884. The van der Waals surface area contributed by atoms with Gasteiger partial charge in [0.15, 0.2) is 0 Å². The van der Waals surface area contributed by atoms with Crippen LogP contribution in [0.3, 0.4) is 0 Å². The standard InChI is InChI=1S/C16H16BrClFN/c1-10-5-12(7-13(17)6-10)16(20-2)9-11-8-14(19)3-4-15(11)18/h3-8,16,20H,9H2,1-2H3. The third-order valence-electron chi connectivity index (χ3n) is 3.25. The summed E-state index contributed by atoms with van der Waals surface area (Å²) in [5.41, 5.74) is 3.14. The highest BCUT2D eigenvalue weighted by Crippen LogP contribution is 2.26. The molecule has 0 aliphatic heterocycles. The van der Waals surface area contributed by atoms with Gasteiger partial charge in [0.25, 0.3) is 0 Å². The molecule has 0 amide bonds. The molecule has 4 heteroatoms. The summed E-state index contributed by atoms with van der Waals surface area (Å²) >= 11 is 9.65. The second-order valence-corrected chi connectivity index (χ2v) is 6.17. The summed E-state index contributed by atoms with van der Waals surface area (Å²) in [6.07, 6.45) is 0.642. The third kappa shape index (κ3) is 3.81. The molecule has 1 unspecified atom stereocenters. The van der Waals surface area contributed by atoms with Crippen LogP contribution in [0.2, 0.25) is 5.02 Å². The van der Waals surface area contributed by atoms with Crippen LogP contribution in [0.25, 0.3) is 0 Å². The Labute approximate surface area is 132 Å². The van der Waals surface area contributed by atoms with Crippen molar-refractivity contribution in [3.63, 3.8) is 0 Å². The van der Waals surface area contributed by atoms with Crippen LogP contribution in [0.4, 0.5) is 4.39 Å². The normalized spacial score (nSPS) is 12.4. The van der Waals surface area contributed by atoms with Crippen LogP contribution in [-0.2, 0) is 6.42 Å². The van der Waals surface area contributed by atoms with E-state index in [9.17, 15) is 4.39 Å². The van der Waals surface area contributed by atoms with Gasteiger partial charge < -0.3 is 5.32 Å². The summed E-state index contributed by atoms with van der Waals surface area (Å²) in [5, 5.41) is 3.86. The van der Waals surface area contributed by atoms with Crippen molar-refractivity contribution in [1.29, 1.82) is 0 Å². The zero-order valence-electron chi connectivity index (χ0n) is 11.4. The molecule has 0 saturated heterocycles. The van der Waals surface area contributed by atoms with Gasteiger partial charge in [-0.1, -0.05) is 33.6 Å². The van der Waals surface area contributed by atoms with E-state index in [1.807, 2.05) is 7.05 Å². The molecule has 1 atom stereocenters. The van der Waals surface area contributed by atoms with Gasteiger partial charge in [0.05, 0.1) is 0 Å². The van der Waals surface area contributed by atoms with E-state index in [0.717, 1.165) is 15.6 Å². The molecule has 1 N–H and O–H groups in total. The molecule has 20 heavy (non-hydrogen) atoms. The fourth-order valence-corrected chi connectivity index (χ4v) is 3.09. The Morgan fingerprint density at radius 1 is 1.25 bits per heavy atom. The van der Waals surface area contributed by atoms with Crippen LogP contribution in [0.15, 0.2) is 40.9 Å². The lowest BCUT2D eigenvalue weighted by Crippen LogP contribution is -2.19. The van der Waals surface area contributed by atoms with Crippen molar-refractivity contribution in [3.8, 4) is 0 Å². The van der Waals surface area contributed by atoms with Crippen molar-refractivity contribution in [2.75, 3.05) is 7.05 Å². The topological polar surface area (TPSA) is 12.0 Å². The van der Waals surface area contributed by atoms with E-state index in [1.165, 1.54) is 17.7 Å². The molecule has 1 nitrogen and oxygen atoms in total. The van der Waals surface area contributed by atoms with Gasteiger partial charge in [0.2, 0.25) is 0 Å². The second kappa shape index (κ2) is 6.70. The van der Waals surface area contributed by atoms with Gasteiger partial charge >= 0.3 is 0 Å². The lowest BCUT2D eigenvalue weighted by atomic mass is 9.97. The Kier molecular flexibility index (Phi) is 5.19. The van der Waals surface area contributed by atoms with E-state index >= 15 is 0 Å². The maximum atomic E-state index is 13.3. The molecule has 0 radical (unpaired) electrons. The van der Waals surface area contributed by atoms with E-state index in [4.69, 9.17) is 11.6 Å². The Hall–Kier alpha value is -0.900. The van der Waals surface area contributed by atoms with Gasteiger partial charge in [-0.3, -0.25) is 0 Å². The maximum Gasteiger partial charge on any atom is 0.123 e. The molecule has 106 valence electrons. The summed E-state index contributed by atoms with van der Waals surface area (Å²) in [4.78, 5) is 0. The van der Waals surface area contributed by atoms with Gasteiger partial charge in [-0.2, -0.15) is 0 Å². The van der Waals surface area contributed by atoms with E-state index in [0.29, 0.717) is 11.4 Å². The molecule has 2 rings (SSSR count). The molecule has 0 bridgehead atoms. The van der Waals surface area contributed by atoms with Gasteiger partial charge in [0, 0.05) is 15.5 Å². The lowest BCUT2D eigenvalue weighted by Gasteiger charge is -2.18. The minimum Gasteiger partial charge on any atom is -0.313 e. The molecule has 0 spiro atoms. The second-order valence-electron chi connectivity index (χ2n) is 4.84. The van der Waals surface area contributed by atoms with Crippen LogP contribution in [-0.4, -0.2) is 7.05 Å². The lowest BCUT2D eigenvalue weighted by molar-refractivity contribution is 0.583. The summed E-state index contributed by atoms with van der Waals surface area (Å²) < 4.78 is 14.4. The molecule has 0 heterocycles. The zero-order chi connectivity index (χ0) is 14.7. The summed E-state index contributed by atoms with van der Waals surface area (Å²) in [7, 11) is 1.90. The number of likely N-dealkylation sites (N-methyl/N-ethyl adjacent to an activating group) is 1. The molecule has 2 aromatic rings. The predicted molar refractivity (Wildman–Crippen MR) is 85.8 cm³/mol. The maximum absolute atomic E-state index is 13.3. The molecular formula is C16H16BrClFN. The van der Waals surface area contributed by atoms with Gasteiger partial charge in [-0.25, -0.2) is 4.39 Å². The smallest absolute Gasteiger partial charge is 0.123 e. The minimum atomic E-state index is -0.260. The Morgan fingerprint density at radius 2 is 2.00 bits per heavy atom. The average molecular weight is 357 g/mol. The Bertz CT molecular complexity index is 595. The van der Waals surface area contributed by atoms with Crippen molar-refractivity contribution in [1.82, 2.24) is 5.32 Å². The van der Waals surface area contributed by atoms with Crippen LogP contribution < -0.4 is 5.32 Å². The number of nitrogens with one attached hydrogen (secondary N) is 1. The first-order valence-electron chi connectivity index (χ1n) is 6.38. The predicted octanol–water partition coefficient (Wildman–Crippen LogP) is 5.05. The Morgan fingerprint density at radius 3 is 2.65 bits per heavy atom. The first kappa shape index (κ1) is 15.5. The van der Waals surface area contributed by atoms with E-state index in [1.54, 1.807) is 6.07 Å². The van der Waals surface area contributed by atoms with Crippen LogP contribution in [0.1, 0.15) is 22.7 Å². The average Bonchev–Trinajstić information content (AvgIpc) is 2.38. The third-order valence-corrected chi connectivity index (χ3v) is 4.07. The van der Waals surface area contributed by atoms with Gasteiger partial charge in [-0.05, 0) is 67.4 Å². The highest BCUT2D eigenvalue weighted by molar-refractivity contribution is 9.10. The van der Waals surface area contributed by atoms with Crippen molar-refractivity contribution in [2.45, 2.75) is 19.4 Å². The molecule has 2 aromatic carbocycles. The molecule has 0 aliphatic rings. The van der Waals surface area contributed by atoms with E-state index in [-0.39, 0.29) is 11.9 Å². The molecule has 0 aliphatic carbocycles. The van der Waals surface area contributed by atoms with Gasteiger partial charge in [-0.15, -0.1) is 0 Å². The molecular weight excluding hydrogens is 341 g/mol. The summed E-state index contributed by atoms with van der Waals surface area (Å²) in [5.74, 6) is -0.260. The fraction of sp³-hybridized carbons (Fsp3) is 0.250.